The maximum absolute atomic E-state index is 11.6. The Morgan fingerprint density at radius 1 is 1.53 bits per heavy atom. The van der Waals surface area contributed by atoms with Crippen LogP contribution in [0.3, 0.4) is 0 Å². The van der Waals surface area contributed by atoms with E-state index in [1.54, 1.807) is 20.8 Å². The molecule has 0 aliphatic carbocycles. The van der Waals surface area contributed by atoms with Crippen molar-refractivity contribution >= 4 is 6.09 Å². The van der Waals surface area contributed by atoms with Gasteiger partial charge < -0.3 is 14.7 Å². The fourth-order valence-electron chi connectivity index (χ4n) is 1.43. The van der Waals surface area contributed by atoms with E-state index in [2.05, 4.69) is 5.92 Å². The zero-order chi connectivity index (χ0) is 11.6. The molecule has 1 rings (SSSR count). The van der Waals surface area contributed by atoms with Crippen LogP contribution >= 0.6 is 0 Å². The maximum Gasteiger partial charge on any atom is 0.410 e. The summed E-state index contributed by atoms with van der Waals surface area (Å²) in [5.74, 6) is 2.18. The van der Waals surface area contributed by atoms with Crippen molar-refractivity contribution < 1.29 is 14.6 Å². The Labute approximate surface area is 90.2 Å². The normalized spacial score (nSPS) is 26.2. The molecule has 0 aromatic carbocycles. The summed E-state index contributed by atoms with van der Waals surface area (Å²) in [5.41, 5.74) is -0.518. The second-order valence-electron chi connectivity index (χ2n) is 4.73. The van der Waals surface area contributed by atoms with E-state index in [1.165, 1.54) is 4.90 Å². The summed E-state index contributed by atoms with van der Waals surface area (Å²) in [7, 11) is 0. The molecular formula is C11H17NO3. The van der Waals surface area contributed by atoms with Crippen LogP contribution in [0.4, 0.5) is 4.79 Å². The van der Waals surface area contributed by atoms with E-state index in [0.717, 1.165) is 0 Å². The molecule has 0 bridgehead atoms. The first kappa shape index (κ1) is 11.9. The average molecular weight is 211 g/mol. The van der Waals surface area contributed by atoms with E-state index in [0.29, 0.717) is 6.54 Å². The highest BCUT2D eigenvalue weighted by Gasteiger charge is 2.34. The van der Waals surface area contributed by atoms with Crippen molar-refractivity contribution in [3.05, 3.63) is 0 Å². The lowest BCUT2D eigenvalue weighted by Gasteiger charge is -2.24. The van der Waals surface area contributed by atoms with Gasteiger partial charge in [-0.3, -0.25) is 0 Å². The Kier molecular flexibility index (Phi) is 3.25. The molecular weight excluding hydrogens is 194 g/mol. The molecule has 0 spiro atoms. The minimum atomic E-state index is -0.637. The summed E-state index contributed by atoms with van der Waals surface area (Å²) in [6, 6.07) is 0. The van der Waals surface area contributed by atoms with Gasteiger partial charge in [-0.2, -0.15) is 0 Å². The molecule has 2 atom stereocenters. The van der Waals surface area contributed by atoms with Crippen LogP contribution in [-0.2, 0) is 4.74 Å². The van der Waals surface area contributed by atoms with Crippen LogP contribution in [-0.4, -0.2) is 40.9 Å². The Hall–Kier alpha value is -1.21. The molecule has 1 aliphatic heterocycles. The van der Waals surface area contributed by atoms with Gasteiger partial charge in [0.05, 0.1) is 18.6 Å². The molecule has 1 heterocycles. The number of likely N-dealkylation sites (tertiary alicyclic amines) is 1. The summed E-state index contributed by atoms with van der Waals surface area (Å²) >= 11 is 0. The molecule has 4 heteroatoms. The van der Waals surface area contributed by atoms with Gasteiger partial charge in [-0.15, -0.1) is 6.42 Å². The number of aliphatic hydroxyl groups excluding tert-OH is 1. The summed E-state index contributed by atoms with van der Waals surface area (Å²) in [6.07, 6.45) is 4.17. The minimum Gasteiger partial charge on any atom is -0.444 e. The Morgan fingerprint density at radius 3 is 2.53 bits per heavy atom. The third-order valence-electron chi connectivity index (χ3n) is 2.15. The second-order valence-corrected chi connectivity index (χ2v) is 4.73. The predicted molar refractivity (Wildman–Crippen MR) is 56.1 cm³/mol. The number of ether oxygens (including phenoxy) is 1. The number of nitrogens with zero attached hydrogens (tertiary/aromatic N) is 1. The molecule has 4 nitrogen and oxygen atoms in total. The first-order chi connectivity index (χ1) is 6.83. The maximum atomic E-state index is 11.6. The van der Waals surface area contributed by atoms with Crippen LogP contribution in [0.2, 0.25) is 0 Å². The lowest BCUT2D eigenvalue weighted by atomic mass is 10.1. The molecule has 0 aromatic heterocycles. The van der Waals surface area contributed by atoms with Crippen LogP contribution in [0.15, 0.2) is 0 Å². The highest BCUT2D eigenvalue weighted by atomic mass is 16.6. The van der Waals surface area contributed by atoms with Gasteiger partial charge in [0, 0.05) is 6.54 Å². The monoisotopic (exact) mass is 211 g/mol. The molecule has 84 valence electrons. The molecule has 1 aliphatic rings. The van der Waals surface area contributed by atoms with Crippen LogP contribution in [0.5, 0.6) is 0 Å². The largest absolute Gasteiger partial charge is 0.444 e. The molecule has 15 heavy (non-hydrogen) atoms. The Balaban J connectivity index is 2.54. The fraction of sp³-hybridized carbons (Fsp3) is 0.727. The van der Waals surface area contributed by atoms with Crippen LogP contribution < -0.4 is 0 Å². The number of aliphatic hydroxyl groups is 1. The highest BCUT2D eigenvalue weighted by molar-refractivity contribution is 5.68. The molecule has 1 fully saturated rings. The molecule has 0 radical (unpaired) electrons. The Morgan fingerprint density at radius 2 is 2.13 bits per heavy atom. The molecule has 1 saturated heterocycles. The summed E-state index contributed by atoms with van der Waals surface area (Å²) in [4.78, 5) is 13.0. The van der Waals surface area contributed by atoms with E-state index in [1.807, 2.05) is 0 Å². The molecule has 1 amide bonds. The third kappa shape index (κ3) is 3.14. The lowest BCUT2D eigenvalue weighted by Crippen LogP contribution is -2.35. The van der Waals surface area contributed by atoms with Crippen molar-refractivity contribution in [1.82, 2.24) is 4.90 Å². The number of carbonyl (C=O) groups is 1. The van der Waals surface area contributed by atoms with Crippen LogP contribution in [0.25, 0.3) is 0 Å². The fourth-order valence-corrected chi connectivity index (χ4v) is 1.43. The van der Waals surface area contributed by atoms with E-state index < -0.39 is 17.8 Å². The van der Waals surface area contributed by atoms with Crippen LogP contribution in [0, 0.1) is 18.3 Å². The molecule has 1 N–H and O–H groups in total. The van der Waals surface area contributed by atoms with Crippen molar-refractivity contribution in [2.45, 2.75) is 32.5 Å². The number of hydrogen-bond acceptors (Lipinski definition) is 3. The quantitative estimate of drug-likeness (QED) is 0.604. The zero-order valence-corrected chi connectivity index (χ0v) is 9.36. The minimum absolute atomic E-state index is 0.254. The van der Waals surface area contributed by atoms with E-state index in [-0.39, 0.29) is 12.5 Å². The van der Waals surface area contributed by atoms with Gasteiger partial charge in [0.2, 0.25) is 0 Å². The van der Waals surface area contributed by atoms with Gasteiger partial charge in [0.1, 0.15) is 5.60 Å². The number of amides is 1. The Bertz CT molecular complexity index is 287. The van der Waals surface area contributed by atoms with E-state index >= 15 is 0 Å². The standard InChI is InChI=1S/C11H17NO3/c1-5-8-6-12(7-9(8)13)10(14)15-11(2,3)4/h1,8-9,13H,6-7H2,2-4H3/t8-,9+/m0/s1. The first-order valence-electron chi connectivity index (χ1n) is 4.95. The summed E-state index contributed by atoms with van der Waals surface area (Å²) < 4.78 is 5.17. The summed E-state index contributed by atoms with van der Waals surface area (Å²) in [6.45, 7) is 6.03. The topological polar surface area (TPSA) is 49.8 Å². The van der Waals surface area contributed by atoms with Crippen molar-refractivity contribution in [2.75, 3.05) is 13.1 Å². The van der Waals surface area contributed by atoms with E-state index in [4.69, 9.17) is 11.2 Å². The SMILES string of the molecule is C#C[C@H]1CN(C(=O)OC(C)(C)C)C[C@H]1O. The number of hydrogen-bond donors (Lipinski definition) is 1. The smallest absolute Gasteiger partial charge is 0.410 e. The number of carbonyl (C=O) groups excluding carboxylic acids is 1. The highest BCUT2D eigenvalue weighted by Crippen LogP contribution is 2.19. The van der Waals surface area contributed by atoms with Gasteiger partial charge in [-0.25, -0.2) is 4.79 Å². The summed E-state index contributed by atoms with van der Waals surface area (Å²) in [5, 5.41) is 9.51. The van der Waals surface area contributed by atoms with Crippen LogP contribution in [0.1, 0.15) is 20.8 Å². The van der Waals surface area contributed by atoms with Gasteiger partial charge in [-0.1, -0.05) is 5.92 Å². The molecule has 0 unspecified atom stereocenters. The van der Waals surface area contributed by atoms with Crippen molar-refractivity contribution in [3.63, 3.8) is 0 Å². The molecule has 0 aromatic rings. The first-order valence-corrected chi connectivity index (χ1v) is 4.95. The zero-order valence-electron chi connectivity index (χ0n) is 9.36. The van der Waals surface area contributed by atoms with E-state index in [9.17, 15) is 9.90 Å². The predicted octanol–water partition coefficient (Wildman–Crippen LogP) is 0.847. The van der Waals surface area contributed by atoms with Gasteiger partial charge >= 0.3 is 6.09 Å². The average Bonchev–Trinajstić information content (AvgIpc) is 2.43. The van der Waals surface area contributed by atoms with Crippen molar-refractivity contribution in [2.24, 2.45) is 5.92 Å². The lowest BCUT2D eigenvalue weighted by molar-refractivity contribution is 0.0270. The van der Waals surface area contributed by atoms with Crippen molar-refractivity contribution in [3.8, 4) is 12.3 Å². The van der Waals surface area contributed by atoms with Gasteiger partial charge in [0.15, 0.2) is 0 Å². The number of terminal acetylenes is 1. The second kappa shape index (κ2) is 4.11. The third-order valence-corrected chi connectivity index (χ3v) is 2.15. The van der Waals surface area contributed by atoms with Crippen molar-refractivity contribution in [1.29, 1.82) is 0 Å². The number of rotatable bonds is 0. The van der Waals surface area contributed by atoms with Gasteiger partial charge in [0.25, 0.3) is 0 Å². The molecule has 0 saturated carbocycles. The van der Waals surface area contributed by atoms with Gasteiger partial charge in [-0.05, 0) is 20.8 Å². The number of β-amino-alcohol motifs (C(OH)–C–C–N with tert-alkyl or cyclic N) is 1.